The van der Waals surface area contributed by atoms with E-state index >= 15 is 0 Å². The van der Waals surface area contributed by atoms with Gasteiger partial charge in [0.2, 0.25) is 0 Å². The lowest BCUT2D eigenvalue weighted by atomic mass is 9.81. The molecule has 0 spiro atoms. The van der Waals surface area contributed by atoms with Crippen LogP contribution in [0.25, 0.3) is 0 Å². The summed E-state index contributed by atoms with van der Waals surface area (Å²) < 4.78 is 1.14. The summed E-state index contributed by atoms with van der Waals surface area (Å²) in [6, 6.07) is 15.8. The summed E-state index contributed by atoms with van der Waals surface area (Å²) in [5.74, 6) is 0.675. The first-order valence-electron chi connectivity index (χ1n) is 7.26. The minimum atomic E-state index is 0.427. The molecule has 0 fully saturated rings. The Hall–Kier alpha value is -1.28. The van der Waals surface area contributed by atoms with Crippen molar-refractivity contribution < 1.29 is 0 Å². The zero-order chi connectivity index (χ0) is 14.1. The second kappa shape index (κ2) is 5.61. The van der Waals surface area contributed by atoms with E-state index < -0.39 is 0 Å². The van der Waals surface area contributed by atoms with Gasteiger partial charge < -0.3 is 5.32 Å². The van der Waals surface area contributed by atoms with Crippen LogP contribution in [-0.4, -0.2) is 0 Å². The SMILES string of the molecule is Cc1cc(Br)cc(NC2CCC(C)c3ccccc32)c1. The van der Waals surface area contributed by atoms with Gasteiger partial charge in [0.25, 0.3) is 0 Å². The summed E-state index contributed by atoms with van der Waals surface area (Å²) in [5, 5.41) is 3.71. The maximum atomic E-state index is 3.71. The Morgan fingerprint density at radius 1 is 1.05 bits per heavy atom. The summed E-state index contributed by atoms with van der Waals surface area (Å²) >= 11 is 3.58. The number of rotatable bonds is 2. The minimum Gasteiger partial charge on any atom is -0.378 e. The molecule has 0 aliphatic heterocycles. The van der Waals surface area contributed by atoms with Crippen molar-refractivity contribution in [3.63, 3.8) is 0 Å². The van der Waals surface area contributed by atoms with Gasteiger partial charge >= 0.3 is 0 Å². The highest BCUT2D eigenvalue weighted by Crippen LogP contribution is 2.39. The van der Waals surface area contributed by atoms with Crippen molar-refractivity contribution in [3.8, 4) is 0 Å². The molecule has 1 nitrogen and oxygen atoms in total. The van der Waals surface area contributed by atoms with Crippen LogP contribution in [0.3, 0.4) is 0 Å². The molecule has 2 atom stereocenters. The molecule has 104 valence electrons. The molecule has 2 heteroatoms. The fraction of sp³-hybridized carbons (Fsp3) is 0.333. The number of anilines is 1. The summed E-state index contributed by atoms with van der Waals surface area (Å²) in [6.45, 7) is 4.46. The van der Waals surface area contributed by atoms with Crippen molar-refractivity contribution in [2.45, 2.75) is 38.6 Å². The van der Waals surface area contributed by atoms with Crippen molar-refractivity contribution in [1.29, 1.82) is 0 Å². The van der Waals surface area contributed by atoms with Gasteiger partial charge in [-0.1, -0.05) is 47.1 Å². The second-order valence-corrected chi connectivity index (χ2v) is 6.74. The molecule has 0 heterocycles. The zero-order valence-corrected chi connectivity index (χ0v) is 13.6. The maximum absolute atomic E-state index is 3.71. The summed E-state index contributed by atoms with van der Waals surface area (Å²) in [6.07, 6.45) is 2.45. The average molecular weight is 330 g/mol. The monoisotopic (exact) mass is 329 g/mol. The highest BCUT2D eigenvalue weighted by molar-refractivity contribution is 9.10. The normalized spacial score (nSPS) is 21.4. The molecule has 0 radical (unpaired) electrons. The molecule has 0 amide bonds. The van der Waals surface area contributed by atoms with Crippen LogP contribution in [0.15, 0.2) is 46.9 Å². The third kappa shape index (κ3) is 2.76. The van der Waals surface area contributed by atoms with Crippen LogP contribution in [0.1, 0.15) is 48.4 Å². The van der Waals surface area contributed by atoms with Crippen molar-refractivity contribution >= 4 is 21.6 Å². The largest absolute Gasteiger partial charge is 0.378 e. The lowest BCUT2D eigenvalue weighted by Crippen LogP contribution is -2.19. The van der Waals surface area contributed by atoms with E-state index in [4.69, 9.17) is 0 Å². The van der Waals surface area contributed by atoms with E-state index in [9.17, 15) is 0 Å². The molecule has 1 aliphatic rings. The van der Waals surface area contributed by atoms with Gasteiger partial charge in [-0.2, -0.15) is 0 Å². The van der Waals surface area contributed by atoms with Crippen LogP contribution < -0.4 is 5.32 Å². The molecule has 0 saturated heterocycles. The van der Waals surface area contributed by atoms with E-state index in [2.05, 4.69) is 77.6 Å². The third-order valence-corrected chi connectivity index (χ3v) is 4.63. The number of fused-ring (bicyclic) bond motifs is 1. The molecular formula is C18H20BrN. The van der Waals surface area contributed by atoms with Crippen molar-refractivity contribution in [2.75, 3.05) is 5.32 Å². The van der Waals surface area contributed by atoms with E-state index in [1.165, 1.54) is 35.2 Å². The van der Waals surface area contributed by atoms with E-state index in [-0.39, 0.29) is 0 Å². The molecule has 1 N–H and O–H groups in total. The van der Waals surface area contributed by atoms with Gasteiger partial charge in [-0.15, -0.1) is 0 Å². The molecule has 20 heavy (non-hydrogen) atoms. The zero-order valence-electron chi connectivity index (χ0n) is 12.0. The van der Waals surface area contributed by atoms with Crippen LogP contribution in [0.4, 0.5) is 5.69 Å². The number of hydrogen-bond acceptors (Lipinski definition) is 1. The van der Waals surface area contributed by atoms with E-state index in [0.717, 1.165) is 4.47 Å². The molecular weight excluding hydrogens is 310 g/mol. The number of aryl methyl sites for hydroxylation is 1. The summed E-state index contributed by atoms with van der Waals surface area (Å²) in [4.78, 5) is 0. The molecule has 0 bridgehead atoms. The highest BCUT2D eigenvalue weighted by atomic mass is 79.9. The van der Waals surface area contributed by atoms with Crippen molar-refractivity contribution in [2.24, 2.45) is 0 Å². The second-order valence-electron chi connectivity index (χ2n) is 5.82. The van der Waals surface area contributed by atoms with Gasteiger partial charge in [0.05, 0.1) is 6.04 Å². The number of nitrogens with one attached hydrogen (secondary N) is 1. The van der Waals surface area contributed by atoms with E-state index in [1.807, 2.05) is 0 Å². The number of hydrogen-bond donors (Lipinski definition) is 1. The maximum Gasteiger partial charge on any atom is 0.0516 e. The quantitative estimate of drug-likeness (QED) is 0.733. The van der Waals surface area contributed by atoms with Crippen LogP contribution in [-0.2, 0) is 0 Å². The Morgan fingerprint density at radius 2 is 1.80 bits per heavy atom. The van der Waals surface area contributed by atoms with Crippen LogP contribution in [0.2, 0.25) is 0 Å². The first kappa shape index (κ1) is 13.7. The summed E-state index contributed by atoms with van der Waals surface area (Å²) in [7, 11) is 0. The molecule has 2 aromatic rings. The first-order chi connectivity index (χ1) is 9.63. The fourth-order valence-corrected chi connectivity index (χ4v) is 3.78. The number of halogens is 1. The molecule has 2 aromatic carbocycles. The number of benzene rings is 2. The molecule has 3 rings (SSSR count). The predicted molar refractivity (Wildman–Crippen MR) is 89.3 cm³/mol. The first-order valence-corrected chi connectivity index (χ1v) is 8.05. The van der Waals surface area contributed by atoms with Gasteiger partial charge in [-0.05, 0) is 60.6 Å². The lowest BCUT2D eigenvalue weighted by Gasteiger charge is -2.31. The minimum absolute atomic E-state index is 0.427. The standard InChI is InChI=1S/C18H20BrN/c1-12-9-14(19)11-15(10-12)20-18-8-7-13(2)16-5-3-4-6-17(16)18/h3-6,9-11,13,18,20H,7-8H2,1-2H3. The average Bonchev–Trinajstić information content (AvgIpc) is 2.41. The van der Waals surface area contributed by atoms with Gasteiger partial charge in [0.15, 0.2) is 0 Å². The molecule has 0 saturated carbocycles. The van der Waals surface area contributed by atoms with E-state index in [1.54, 1.807) is 0 Å². The third-order valence-electron chi connectivity index (χ3n) is 4.17. The van der Waals surface area contributed by atoms with Crippen LogP contribution >= 0.6 is 15.9 Å². The fourth-order valence-electron chi connectivity index (χ4n) is 3.18. The highest BCUT2D eigenvalue weighted by Gasteiger charge is 2.24. The van der Waals surface area contributed by atoms with Gasteiger partial charge in [0, 0.05) is 10.2 Å². The van der Waals surface area contributed by atoms with Gasteiger partial charge in [-0.3, -0.25) is 0 Å². The Balaban J connectivity index is 1.90. The predicted octanol–water partition coefficient (Wildman–Crippen LogP) is 5.81. The summed E-state index contributed by atoms with van der Waals surface area (Å²) in [5.41, 5.74) is 5.44. The van der Waals surface area contributed by atoms with Gasteiger partial charge in [0.1, 0.15) is 0 Å². The Kier molecular flexibility index (Phi) is 3.84. The Morgan fingerprint density at radius 3 is 2.55 bits per heavy atom. The van der Waals surface area contributed by atoms with Crippen molar-refractivity contribution in [1.82, 2.24) is 0 Å². The molecule has 1 aliphatic carbocycles. The smallest absolute Gasteiger partial charge is 0.0516 e. The Bertz CT molecular complexity index is 600. The Labute approximate surface area is 129 Å². The topological polar surface area (TPSA) is 12.0 Å². The van der Waals surface area contributed by atoms with E-state index in [0.29, 0.717) is 12.0 Å². The molecule has 0 aromatic heterocycles. The lowest BCUT2D eigenvalue weighted by molar-refractivity contribution is 0.534. The van der Waals surface area contributed by atoms with Crippen LogP contribution in [0.5, 0.6) is 0 Å². The molecule has 2 unspecified atom stereocenters. The van der Waals surface area contributed by atoms with Crippen molar-refractivity contribution in [3.05, 3.63) is 63.6 Å². The van der Waals surface area contributed by atoms with Gasteiger partial charge in [-0.25, -0.2) is 0 Å². The van der Waals surface area contributed by atoms with Crippen LogP contribution in [0, 0.1) is 6.92 Å².